The molecule has 0 radical (unpaired) electrons. The minimum atomic E-state index is 0.760. The van der Waals surface area contributed by atoms with Crippen LogP contribution in [0.25, 0.3) is 0 Å². The molecule has 1 aromatic rings. The number of aromatic nitrogens is 2. The normalized spacial score (nSPS) is 18.3. The lowest BCUT2D eigenvalue weighted by molar-refractivity contribution is 0.440. The van der Waals surface area contributed by atoms with Gasteiger partial charge < -0.3 is 5.32 Å². The monoisotopic (exact) mass is 207 g/mol. The van der Waals surface area contributed by atoms with Crippen molar-refractivity contribution in [2.24, 2.45) is 7.05 Å². The molecule has 1 aliphatic rings. The predicted octanol–water partition coefficient (Wildman–Crippen LogP) is 2.19. The summed E-state index contributed by atoms with van der Waals surface area (Å²) in [4.78, 5) is 0. The van der Waals surface area contributed by atoms with E-state index in [-0.39, 0.29) is 0 Å². The van der Waals surface area contributed by atoms with E-state index in [2.05, 4.69) is 16.6 Å². The van der Waals surface area contributed by atoms with Gasteiger partial charge in [0.15, 0.2) is 0 Å². The van der Waals surface area contributed by atoms with E-state index >= 15 is 0 Å². The molecule has 2 rings (SSSR count). The zero-order valence-electron chi connectivity index (χ0n) is 9.79. The Morgan fingerprint density at radius 2 is 2.13 bits per heavy atom. The van der Waals surface area contributed by atoms with Crippen LogP contribution in [0, 0.1) is 0 Å². The fraction of sp³-hybridized carbons (Fsp3) is 0.750. The topological polar surface area (TPSA) is 29.9 Å². The standard InChI is InChI=1S/C12H21N3/c1-13-9-12-11(8-14-15(12)2)10-6-4-3-5-7-10/h8,10,13H,3-7,9H2,1-2H3. The fourth-order valence-electron chi connectivity index (χ4n) is 2.62. The molecule has 0 atom stereocenters. The molecule has 1 aromatic heterocycles. The highest BCUT2D eigenvalue weighted by atomic mass is 15.3. The number of nitrogens with one attached hydrogen (secondary N) is 1. The largest absolute Gasteiger partial charge is 0.314 e. The van der Waals surface area contributed by atoms with Gasteiger partial charge in [0.05, 0.1) is 11.9 Å². The van der Waals surface area contributed by atoms with Crippen molar-refractivity contribution >= 4 is 0 Å². The van der Waals surface area contributed by atoms with E-state index in [1.165, 1.54) is 43.4 Å². The van der Waals surface area contributed by atoms with Crippen LogP contribution < -0.4 is 5.32 Å². The van der Waals surface area contributed by atoms with Gasteiger partial charge in [-0.15, -0.1) is 0 Å². The van der Waals surface area contributed by atoms with Crippen LogP contribution in [0.1, 0.15) is 49.3 Å². The Bertz CT molecular complexity index is 311. The molecule has 0 amide bonds. The van der Waals surface area contributed by atoms with Crippen molar-refractivity contribution in [1.29, 1.82) is 0 Å². The second kappa shape index (κ2) is 4.79. The summed E-state index contributed by atoms with van der Waals surface area (Å²) in [5, 5.41) is 7.62. The Kier molecular flexibility index (Phi) is 3.41. The number of nitrogens with zero attached hydrogens (tertiary/aromatic N) is 2. The third kappa shape index (κ3) is 2.23. The van der Waals surface area contributed by atoms with Crippen LogP contribution in [-0.4, -0.2) is 16.8 Å². The Balaban J connectivity index is 2.18. The van der Waals surface area contributed by atoms with Crippen molar-refractivity contribution in [3.8, 4) is 0 Å². The van der Waals surface area contributed by atoms with Gasteiger partial charge in [-0.2, -0.15) is 5.10 Å². The summed E-state index contributed by atoms with van der Waals surface area (Å²) in [6.07, 6.45) is 8.96. The molecule has 0 aromatic carbocycles. The van der Waals surface area contributed by atoms with Crippen LogP contribution in [0.2, 0.25) is 0 Å². The molecular weight excluding hydrogens is 186 g/mol. The van der Waals surface area contributed by atoms with E-state index in [0.29, 0.717) is 0 Å². The van der Waals surface area contributed by atoms with Crippen LogP contribution in [-0.2, 0) is 13.6 Å². The molecule has 15 heavy (non-hydrogen) atoms. The third-order valence-corrected chi connectivity index (χ3v) is 3.48. The maximum atomic E-state index is 4.39. The molecule has 0 unspecified atom stereocenters. The first kappa shape index (κ1) is 10.7. The molecule has 1 N–H and O–H groups in total. The van der Waals surface area contributed by atoms with Gasteiger partial charge in [0.25, 0.3) is 0 Å². The molecule has 1 heterocycles. The van der Waals surface area contributed by atoms with Crippen molar-refractivity contribution in [2.45, 2.75) is 44.6 Å². The zero-order chi connectivity index (χ0) is 10.7. The van der Waals surface area contributed by atoms with Gasteiger partial charge in [0.1, 0.15) is 0 Å². The van der Waals surface area contributed by atoms with E-state index in [1.807, 2.05) is 18.8 Å². The molecule has 1 aliphatic carbocycles. The minimum absolute atomic E-state index is 0.760. The van der Waals surface area contributed by atoms with Gasteiger partial charge in [0.2, 0.25) is 0 Å². The Labute approximate surface area is 91.9 Å². The SMILES string of the molecule is CNCc1c(C2CCCCC2)cnn1C. The summed E-state index contributed by atoms with van der Waals surface area (Å²) in [6, 6.07) is 0. The van der Waals surface area contributed by atoms with E-state index < -0.39 is 0 Å². The summed E-state index contributed by atoms with van der Waals surface area (Å²) >= 11 is 0. The summed E-state index contributed by atoms with van der Waals surface area (Å²) in [7, 11) is 4.04. The first-order chi connectivity index (χ1) is 7.33. The average molecular weight is 207 g/mol. The number of hydrogen-bond donors (Lipinski definition) is 1. The van der Waals surface area contributed by atoms with Crippen LogP contribution >= 0.6 is 0 Å². The average Bonchev–Trinajstić information content (AvgIpc) is 2.63. The van der Waals surface area contributed by atoms with E-state index in [4.69, 9.17) is 0 Å². The molecule has 0 aliphatic heterocycles. The molecule has 0 bridgehead atoms. The van der Waals surface area contributed by atoms with Crippen molar-refractivity contribution in [3.05, 3.63) is 17.5 Å². The first-order valence-corrected chi connectivity index (χ1v) is 5.98. The van der Waals surface area contributed by atoms with Gasteiger partial charge in [-0.05, 0) is 31.4 Å². The zero-order valence-corrected chi connectivity index (χ0v) is 9.79. The van der Waals surface area contributed by atoms with E-state index in [1.54, 1.807) is 0 Å². The highest BCUT2D eigenvalue weighted by molar-refractivity contribution is 5.22. The lowest BCUT2D eigenvalue weighted by Crippen LogP contribution is -2.14. The molecule has 1 fully saturated rings. The van der Waals surface area contributed by atoms with Gasteiger partial charge in [-0.1, -0.05) is 19.3 Å². The van der Waals surface area contributed by atoms with Gasteiger partial charge >= 0.3 is 0 Å². The van der Waals surface area contributed by atoms with Gasteiger partial charge in [-0.25, -0.2) is 0 Å². The quantitative estimate of drug-likeness (QED) is 0.823. The van der Waals surface area contributed by atoms with E-state index in [9.17, 15) is 0 Å². The van der Waals surface area contributed by atoms with Gasteiger partial charge in [-0.3, -0.25) is 4.68 Å². The lowest BCUT2D eigenvalue weighted by atomic mass is 9.84. The smallest absolute Gasteiger partial charge is 0.0553 e. The van der Waals surface area contributed by atoms with Crippen LogP contribution in [0.4, 0.5) is 0 Å². The molecule has 1 saturated carbocycles. The van der Waals surface area contributed by atoms with Crippen molar-refractivity contribution in [3.63, 3.8) is 0 Å². The summed E-state index contributed by atoms with van der Waals surface area (Å²) in [6.45, 7) is 0.933. The molecule has 0 saturated heterocycles. The van der Waals surface area contributed by atoms with Crippen LogP contribution in [0.5, 0.6) is 0 Å². The molecular formula is C12H21N3. The van der Waals surface area contributed by atoms with Crippen LogP contribution in [0.3, 0.4) is 0 Å². The maximum absolute atomic E-state index is 4.39. The van der Waals surface area contributed by atoms with Crippen molar-refractivity contribution in [2.75, 3.05) is 7.05 Å². The fourth-order valence-corrected chi connectivity index (χ4v) is 2.62. The van der Waals surface area contributed by atoms with Gasteiger partial charge in [0, 0.05) is 13.6 Å². The van der Waals surface area contributed by atoms with E-state index in [0.717, 1.165) is 12.5 Å². The Morgan fingerprint density at radius 3 is 2.80 bits per heavy atom. The molecule has 3 nitrogen and oxygen atoms in total. The summed E-state index contributed by atoms with van der Waals surface area (Å²) in [5.74, 6) is 0.760. The third-order valence-electron chi connectivity index (χ3n) is 3.48. The second-order valence-electron chi connectivity index (χ2n) is 4.54. The molecule has 0 spiro atoms. The summed E-state index contributed by atoms with van der Waals surface area (Å²) in [5.41, 5.74) is 2.84. The Morgan fingerprint density at radius 1 is 1.40 bits per heavy atom. The Hall–Kier alpha value is -0.830. The van der Waals surface area contributed by atoms with Crippen LogP contribution in [0.15, 0.2) is 6.20 Å². The highest BCUT2D eigenvalue weighted by Gasteiger charge is 2.20. The number of aryl methyl sites for hydroxylation is 1. The number of rotatable bonds is 3. The van der Waals surface area contributed by atoms with Crippen molar-refractivity contribution < 1.29 is 0 Å². The maximum Gasteiger partial charge on any atom is 0.0553 e. The first-order valence-electron chi connectivity index (χ1n) is 5.98. The lowest BCUT2D eigenvalue weighted by Gasteiger charge is -2.22. The molecule has 3 heteroatoms. The predicted molar refractivity (Wildman–Crippen MR) is 61.8 cm³/mol. The highest BCUT2D eigenvalue weighted by Crippen LogP contribution is 2.34. The number of hydrogen-bond acceptors (Lipinski definition) is 2. The second-order valence-corrected chi connectivity index (χ2v) is 4.54. The van der Waals surface area contributed by atoms with Crippen molar-refractivity contribution in [1.82, 2.24) is 15.1 Å². The molecule has 84 valence electrons. The minimum Gasteiger partial charge on any atom is -0.314 e. The summed E-state index contributed by atoms with van der Waals surface area (Å²) < 4.78 is 2.01.